The molecule has 3 rings (SSSR count). The summed E-state index contributed by atoms with van der Waals surface area (Å²) in [5, 5.41) is 3.28. The smallest absolute Gasteiger partial charge is 0.236 e. The van der Waals surface area contributed by atoms with Gasteiger partial charge in [0.25, 0.3) is 0 Å². The second-order valence-electron chi connectivity index (χ2n) is 5.56. The van der Waals surface area contributed by atoms with Crippen molar-refractivity contribution < 1.29 is 4.79 Å². The molecule has 1 aromatic rings. The van der Waals surface area contributed by atoms with Gasteiger partial charge in [0.1, 0.15) is 0 Å². The third-order valence-electron chi connectivity index (χ3n) is 3.87. The standard InChI is InChI=1S/C15H20N2O/c1-11-3-2-4-12(7-11)13-9-17(10-13)15(18)8-16-14-5-6-14/h2-4,7,13-14,16H,5-6,8-10H2,1H3. The minimum absolute atomic E-state index is 0.255. The van der Waals surface area contributed by atoms with Crippen molar-refractivity contribution in [1.82, 2.24) is 10.2 Å². The van der Waals surface area contributed by atoms with Gasteiger partial charge >= 0.3 is 0 Å². The molecule has 3 heteroatoms. The maximum absolute atomic E-state index is 11.9. The molecule has 0 unspecified atom stereocenters. The van der Waals surface area contributed by atoms with Crippen molar-refractivity contribution in [2.45, 2.75) is 31.7 Å². The fourth-order valence-electron chi connectivity index (χ4n) is 2.45. The summed E-state index contributed by atoms with van der Waals surface area (Å²) in [6, 6.07) is 9.23. The molecule has 2 aliphatic rings. The van der Waals surface area contributed by atoms with E-state index < -0.39 is 0 Å². The second-order valence-corrected chi connectivity index (χ2v) is 5.56. The Labute approximate surface area is 108 Å². The van der Waals surface area contributed by atoms with Crippen LogP contribution in [0, 0.1) is 6.92 Å². The lowest BCUT2D eigenvalue weighted by atomic mass is 9.90. The summed E-state index contributed by atoms with van der Waals surface area (Å²) in [7, 11) is 0. The Hall–Kier alpha value is -1.35. The van der Waals surface area contributed by atoms with Crippen molar-refractivity contribution >= 4 is 5.91 Å². The van der Waals surface area contributed by atoms with Crippen LogP contribution in [0.2, 0.25) is 0 Å². The summed E-state index contributed by atoms with van der Waals surface area (Å²) in [4.78, 5) is 13.8. The first kappa shape index (κ1) is 11.7. The molecule has 0 radical (unpaired) electrons. The lowest BCUT2D eigenvalue weighted by Gasteiger charge is -2.39. The monoisotopic (exact) mass is 244 g/mol. The molecule has 0 bridgehead atoms. The molecule has 2 fully saturated rings. The summed E-state index contributed by atoms with van der Waals surface area (Å²) in [5.74, 6) is 0.792. The summed E-state index contributed by atoms with van der Waals surface area (Å²) >= 11 is 0. The predicted octanol–water partition coefficient (Wildman–Crippen LogP) is 1.67. The van der Waals surface area contributed by atoms with Gasteiger partial charge in [-0.25, -0.2) is 0 Å². The Bertz CT molecular complexity index is 448. The number of nitrogens with one attached hydrogen (secondary N) is 1. The molecule has 1 aromatic carbocycles. The highest BCUT2D eigenvalue weighted by Crippen LogP contribution is 2.27. The molecule has 96 valence electrons. The average molecular weight is 244 g/mol. The van der Waals surface area contributed by atoms with Crippen LogP contribution < -0.4 is 5.32 Å². The van der Waals surface area contributed by atoms with Crippen molar-refractivity contribution in [1.29, 1.82) is 0 Å². The first-order chi connectivity index (χ1) is 8.72. The van der Waals surface area contributed by atoms with E-state index in [1.165, 1.54) is 24.0 Å². The van der Waals surface area contributed by atoms with Gasteiger partial charge in [0.15, 0.2) is 0 Å². The third kappa shape index (κ3) is 2.56. The van der Waals surface area contributed by atoms with E-state index in [0.717, 1.165) is 13.1 Å². The van der Waals surface area contributed by atoms with E-state index in [0.29, 0.717) is 18.5 Å². The van der Waals surface area contributed by atoms with Gasteiger partial charge in [0.05, 0.1) is 6.54 Å². The molecule has 18 heavy (non-hydrogen) atoms. The van der Waals surface area contributed by atoms with E-state index in [9.17, 15) is 4.79 Å². The molecule has 1 N–H and O–H groups in total. The first-order valence-electron chi connectivity index (χ1n) is 6.80. The van der Waals surface area contributed by atoms with Crippen molar-refractivity contribution in [3.05, 3.63) is 35.4 Å². The molecule has 0 atom stereocenters. The van der Waals surface area contributed by atoms with E-state index in [2.05, 4.69) is 36.5 Å². The number of carbonyl (C=O) groups excluding carboxylic acids is 1. The number of hydrogen-bond donors (Lipinski definition) is 1. The zero-order valence-electron chi connectivity index (χ0n) is 10.9. The fraction of sp³-hybridized carbons (Fsp3) is 0.533. The Morgan fingerprint density at radius 2 is 2.17 bits per heavy atom. The van der Waals surface area contributed by atoms with Crippen LogP contribution in [0.3, 0.4) is 0 Å². The summed E-state index contributed by atoms with van der Waals surface area (Å²) in [6.07, 6.45) is 2.47. The van der Waals surface area contributed by atoms with Crippen LogP contribution in [-0.4, -0.2) is 36.5 Å². The molecule has 1 saturated carbocycles. The summed E-state index contributed by atoms with van der Waals surface area (Å²) < 4.78 is 0. The second kappa shape index (κ2) is 4.73. The van der Waals surface area contributed by atoms with Crippen LogP contribution in [0.15, 0.2) is 24.3 Å². The van der Waals surface area contributed by atoms with E-state index in [-0.39, 0.29) is 5.91 Å². The Morgan fingerprint density at radius 3 is 2.83 bits per heavy atom. The van der Waals surface area contributed by atoms with Gasteiger partial charge in [-0.05, 0) is 25.3 Å². The fourth-order valence-corrected chi connectivity index (χ4v) is 2.45. The number of rotatable bonds is 4. The van der Waals surface area contributed by atoms with Gasteiger partial charge in [-0.15, -0.1) is 0 Å². The van der Waals surface area contributed by atoms with Gasteiger partial charge in [-0.3, -0.25) is 4.79 Å². The molecule has 0 aromatic heterocycles. The third-order valence-corrected chi connectivity index (χ3v) is 3.87. The van der Waals surface area contributed by atoms with Gasteiger partial charge in [-0.1, -0.05) is 29.8 Å². The van der Waals surface area contributed by atoms with Crippen LogP contribution in [0.4, 0.5) is 0 Å². The molecule has 1 amide bonds. The Morgan fingerprint density at radius 1 is 1.39 bits per heavy atom. The zero-order chi connectivity index (χ0) is 12.5. The largest absolute Gasteiger partial charge is 0.340 e. The molecular weight excluding hydrogens is 224 g/mol. The Balaban J connectivity index is 1.48. The predicted molar refractivity (Wildman–Crippen MR) is 71.5 cm³/mol. The highest BCUT2D eigenvalue weighted by atomic mass is 16.2. The van der Waals surface area contributed by atoms with Crippen LogP contribution in [0.25, 0.3) is 0 Å². The molecule has 1 aliphatic heterocycles. The minimum Gasteiger partial charge on any atom is -0.340 e. The molecule has 0 spiro atoms. The first-order valence-corrected chi connectivity index (χ1v) is 6.80. The highest BCUT2D eigenvalue weighted by Gasteiger charge is 2.32. The van der Waals surface area contributed by atoms with E-state index >= 15 is 0 Å². The minimum atomic E-state index is 0.255. The van der Waals surface area contributed by atoms with Crippen molar-refractivity contribution in [2.75, 3.05) is 19.6 Å². The van der Waals surface area contributed by atoms with E-state index in [4.69, 9.17) is 0 Å². The van der Waals surface area contributed by atoms with Crippen LogP contribution in [-0.2, 0) is 4.79 Å². The summed E-state index contributed by atoms with van der Waals surface area (Å²) in [5.41, 5.74) is 2.67. The molecular formula is C15H20N2O. The molecule has 1 aliphatic carbocycles. The number of hydrogen-bond acceptors (Lipinski definition) is 2. The van der Waals surface area contributed by atoms with Gasteiger partial charge < -0.3 is 10.2 Å². The quantitative estimate of drug-likeness (QED) is 0.874. The van der Waals surface area contributed by atoms with Gasteiger partial charge in [0, 0.05) is 25.0 Å². The maximum atomic E-state index is 11.9. The topological polar surface area (TPSA) is 32.3 Å². The maximum Gasteiger partial charge on any atom is 0.236 e. The summed E-state index contributed by atoms with van der Waals surface area (Å²) in [6.45, 7) is 4.40. The van der Waals surface area contributed by atoms with E-state index in [1.807, 2.05) is 4.90 Å². The number of benzene rings is 1. The average Bonchev–Trinajstić information content (AvgIpc) is 3.08. The van der Waals surface area contributed by atoms with Crippen molar-refractivity contribution in [2.24, 2.45) is 0 Å². The number of likely N-dealkylation sites (tertiary alicyclic amines) is 1. The lowest BCUT2D eigenvalue weighted by Crippen LogP contribution is -2.51. The van der Waals surface area contributed by atoms with Crippen molar-refractivity contribution in [3.63, 3.8) is 0 Å². The Kier molecular flexibility index (Phi) is 3.08. The number of nitrogens with zero attached hydrogens (tertiary/aromatic N) is 1. The number of aryl methyl sites for hydroxylation is 1. The molecule has 3 nitrogen and oxygen atoms in total. The normalized spacial score (nSPS) is 19.7. The van der Waals surface area contributed by atoms with Crippen LogP contribution >= 0.6 is 0 Å². The molecule has 1 heterocycles. The highest BCUT2D eigenvalue weighted by molar-refractivity contribution is 5.79. The number of carbonyl (C=O) groups is 1. The van der Waals surface area contributed by atoms with E-state index in [1.54, 1.807) is 0 Å². The number of amides is 1. The van der Waals surface area contributed by atoms with Gasteiger partial charge in [0.2, 0.25) is 5.91 Å². The van der Waals surface area contributed by atoms with Crippen LogP contribution in [0.5, 0.6) is 0 Å². The van der Waals surface area contributed by atoms with Gasteiger partial charge in [-0.2, -0.15) is 0 Å². The molecule has 1 saturated heterocycles. The zero-order valence-corrected chi connectivity index (χ0v) is 10.9. The lowest BCUT2D eigenvalue weighted by molar-refractivity contribution is -0.134. The SMILES string of the molecule is Cc1cccc(C2CN(C(=O)CNC3CC3)C2)c1. The van der Waals surface area contributed by atoms with Crippen LogP contribution in [0.1, 0.15) is 29.9 Å². The van der Waals surface area contributed by atoms with Crippen molar-refractivity contribution in [3.8, 4) is 0 Å².